The summed E-state index contributed by atoms with van der Waals surface area (Å²) >= 11 is 0. The lowest BCUT2D eigenvalue weighted by atomic mass is 10.5. The summed E-state index contributed by atoms with van der Waals surface area (Å²) < 4.78 is 4.82. The van der Waals surface area contributed by atoms with Gasteiger partial charge in [0.25, 0.3) is 0 Å². The molecular formula is C7H13NO2. The van der Waals surface area contributed by atoms with E-state index >= 15 is 0 Å². The number of ether oxygens (including phenoxy) is 1. The molecule has 3 heteroatoms. The highest BCUT2D eigenvalue weighted by molar-refractivity contribution is 5.52. The van der Waals surface area contributed by atoms with Crippen molar-refractivity contribution in [2.24, 2.45) is 0 Å². The maximum Gasteiger partial charge on any atom is 0.139 e. The highest BCUT2D eigenvalue weighted by atomic mass is 16.5. The summed E-state index contributed by atoms with van der Waals surface area (Å²) in [7, 11) is 1.63. The van der Waals surface area contributed by atoms with Gasteiger partial charge in [0.1, 0.15) is 6.29 Å². The molecule has 0 unspecified atom stereocenters. The molecule has 3 nitrogen and oxygen atoms in total. The van der Waals surface area contributed by atoms with Crippen LogP contribution >= 0.6 is 0 Å². The molecule has 0 aromatic carbocycles. The number of aldehydes is 1. The molecule has 0 aromatic rings. The lowest BCUT2D eigenvalue weighted by molar-refractivity contribution is -0.108. The van der Waals surface area contributed by atoms with Crippen molar-refractivity contribution >= 4 is 6.29 Å². The topological polar surface area (TPSA) is 29.5 Å². The maximum absolute atomic E-state index is 10.0. The maximum atomic E-state index is 10.0. The van der Waals surface area contributed by atoms with Gasteiger partial charge in [-0.2, -0.15) is 0 Å². The highest BCUT2D eigenvalue weighted by Gasteiger charge is 1.94. The summed E-state index contributed by atoms with van der Waals surface area (Å²) in [6.45, 7) is 5.29. The quantitative estimate of drug-likeness (QED) is 0.500. The van der Waals surface area contributed by atoms with E-state index in [-0.39, 0.29) is 0 Å². The summed E-state index contributed by atoms with van der Waals surface area (Å²) in [6.07, 6.45) is 2.48. The lowest BCUT2D eigenvalue weighted by Crippen LogP contribution is -2.23. The van der Waals surface area contributed by atoms with Crippen LogP contribution in [0.2, 0.25) is 0 Å². The van der Waals surface area contributed by atoms with Crippen molar-refractivity contribution in [3.8, 4) is 0 Å². The third-order valence-electron chi connectivity index (χ3n) is 1.15. The van der Waals surface area contributed by atoms with Gasteiger partial charge in [-0.05, 0) is 6.20 Å². The predicted molar refractivity (Wildman–Crippen MR) is 39.7 cm³/mol. The Kier molecular flexibility index (Phi) is 5.77. The Morgan fingerprint density at radius 3 is 2.80 bits per heavy atom. The molecule has 0 saturated carbocycles. The zero-order valence-electron chi connectivity index (χ0n) is 6.25. The molecule has 0 N–H and O–H groups in total. The molecule has 0 spiro atoms. The number of carbonyl (C=O) groups excluding carboxylic acids is 1. The van der Waals surface area contributed by atoms with E-state index in [1.54, 1.807) is 18.2 Å². The van der Waals surface area contributed by atoms with E-state index < -0.39 is 0 Å². The molecular weight excluding hydrogens is 130 g/mol. The van der Waals surface area contributed by atoms with Gasteiger partial charge in [-0.15, -0.1) is 0 Å². The second-order valence-electron chi connectivity index (χ2n) is 1.84. The Balaban J connectivity index is 3.38. The average molecular weight is 143 g/mol. The van der Waals surface area contributed by atoms with Crippen LogP contribution in [0.3, 0.4) is 0 Å². The van der Waals surface area contributed by atoms with Crippen LogP contribution in [0, 0.1) is 0 Å². The minimum atomic E-state index is 0.396. The van der Waals surface area contributed by atoms with Gasteiger partial charge >= 0.3 is 0 Å². The summed E-state index contributed by atoms with van der Waals surface area (Å²) in [5.74, 6) is 0. The number of methoxy groups -OCH3 is 1. The molecule has 0 atom stereocenters. The van der Waals surface area contributed by atoms with Gasteiger partial charge < -0.3 is 14.4 Å². The van der Waals surface area contributed by atoms with Crippen molar-refractivity contribution in [1.82, 2.24) is 4.90 Å². The number of carbonyl (C=O) groups is 1. The van der Waals surface area contributed by atoms with Crippen LogP contribution in [0.25, 0.3) is 0 Å². The Morgan fingerprint density at radius 2 is 2.40 bits per heavy atom. The van der Waals surface area contributed by atoms with Gasteiger partial charge in [0, 0.05) is 13.7 Å². The smallest absolute Gasteiger partial charge is 0.139 e. The van der Waals surface area contributed by atoms with Crippen molar-refractivity contribution in [2.75, 3.05) is 26.8 Å². The number of rotatable bonds is 6. The van der Waals surface area contributed by atoms with Crippen molar-refractivity contribution in [2.45, 2.75) is 0 Å². The van der Waals surface area contributed by atoms with E-state index in [2.05, 4.69) is 6.58 Å². The zero-order chi connectivity index (χ0) is 7.82. The van der Waals surface area contributed by atoms with Crippen LogP contribution in [-0.2, 0) is 9.53 Å². The van der Waals surface area contributed by atoms with Crippen LogP contribution in [0.15, 0.2) is 12.8 Å². The fourth-order valence-electron chi connectivity index (χ4n) is 0.561. The normalized spacial score (nSPS) is 8.90. The second-order valence-corrected chi connectivity index (χ2v) is 1.84. The molecule has 0 aliphatic carbocycles. The van der Waals surface area contributed by atoms with E-state index in [0.717, 1.165) is 12.8 Å². The molecule has 0 fully saturated rings. The SMILES string of the molecule is C=CN(CC=O)CCOC. The molecule has 0 aliphatic rings. The Hall–Kier alpha value is -0.830. The Morgan fingerprint density at radius 1 is 1.70 bits per heavy atom. The number of hydrogen-bond donors (Lipinski definition) is 0. The first-order valence-corrected chi connectivity index (χ1v) is 3.14. The monoisotopic (exact) mass is 143 g/mol. The van der Waals surface area contributed by atoms with Gasteiger partial charge in [-0.3, -0.25) is 0 Å². The third-order valence-corrected chi connectivity index (χ3v) is 1.15. The molecule has 0 bridgehead atoms. The first-order chi connectivity index (χ1) is 4.85. The molecule has 0 aromatic heterocycles. The first kappa shape index (κ1) is 9.17. The van der Waals surface area contributed by atoms with Crippen LogP contribution in [-0.4, -0.2) is 38.0 Å². The summed E-state index contributed by atoms with van der Waals surface area (Å²) in [5.41, 5.74) is 0. The van der Waals surface area contributed by atoms with Gasteiger partial charge in [0.05, 0.1) is 13.2 Å². The lowest BCUT2D eigenvalue weighted by Gasteiger charge is -2.14. The Bertz CT molecular complexity index is 104. The summed E-state index contributed by atoms with van der Waals surface area (Å²) in [5, 5.41) is 0. The molecule has 58 valence electrons. The number of nitrogens with zero attached hydrogens (tertiary/aromatic N) is 1. The largest absolute Gasteiger partial charge is 0.383 e. The van der Waals surface area contributed by atoms with Crippen LogP contribution in [0.5, 0.6) is 0 Å². The molecule has 0 amide bonds. The average Bonchev–Trinajstić information content (AvgIpc) is 1.98. The van der Waals surface area contributed by atoms with E-state index in [4.69, 9.17) is 4.74 Å². The predicted octanol–water partition coefficient (Wildman–Crippen LogP) is 0.277. The molecule has 10 heavy (non-hydrogen) atoms. The fraction of sp³-hybridized carbons (Fsp3) is 0.571. The fourth-order valence-corrected chi connectivity index (χ4v) is 0.561. The van der Waals surface area contributed by atoms with Crippen LogP contribution < -0.4 is 0 Å². The summed E-state index contributed by atoms with van der Waals surface area (Å²) in [4.78, 5) is 11.8. The van der Waals surface area contributed by atoms with E-state index in [9.17, 15) is 4.79 Å². The van der Waals surface area contributed by atoms with Gasteiger partial charge in [-0.1, -0.05) is 6.58 Å². The highest BCUT2D eigenvalue weighted by Crippen LogP contribution is 1.84. The zero-order valence-corrected chi connectivity index (χ0v) is 6.25. The van der Waals surface area contributed by atoms with Gasteiger partial charge in [0.15, 0.2) is 0 Å². The van der Waals surface area contributed by atoms with Crippen molar-refractivity contribution in [1.29, 1.82) is 0 Å². The van der Waals surface area contributed by atoms with Crippen LogP contribution in [0.4, 0.5) is 0 Å². The van der Waals surface area contributed by atoms with E-state index in [0.29, 0.717) is 13.2 Å². The van der Waals surface area contributed by atoms with Gasteiger partial charge in [0.2, 0.25) is 0 Å². The third kappa shape index (κ3) is 4.09. The van der Waals surface area contributed by atoms with Gasteiger partial charge in [-0.25, -0.2) is 0 Å². The first-order valence-electron chi connectivity index (χ1n) is 3.14. The molecule has 0 radical (unpaired) electrons. The Labute approximate surface area is 61.3 Å². The minimum absolute atomic E-state index is 0.396. The van der Waals surface area contributed by atoms with Crippen molar-refractivity contribution < 1.29 is 9.53 Å². The van der Waals surface area contributed by atoms with Crippen molar-refractivity contribution in [3.05, 3.63) is 12.8 Å². The number of hydrogen-bond acceptors (Lipinski definition) is 3. The van der Waals surface area contributed by atoms with Crippen molar-refractivity contribution in [3.63, 3.8) is 0 Å². The second kappa shape index (κ2) is 6.29. The van der Waals surface area contributed by atoms with E-state index in [1.807, 2.05) is 0 Å². The molecule has 0 saturated heterocycles. The molecule has 0 rings (SSSR count). The summed E-state index contributed by atoms with van der Waals surface area (Å²) in [6, 6.07) is 0. The minimum Gasteiger partial charge on any atom is -0.383 e. The molecule has 0 heterocycles. The van der Waals surface area contributed by atoms with Crippen LogP contribution in [0.1, 0.15) is 0 Å². The molecule has 0 aliphatic heterocycles. The standard InChI is InChI=1S/C7H13NO2/c1-3-8(4-6-9)5-7-10-2/h3,6H,1,4-5,7H2,2H3. The van der Waals surface area contributed by atoms with E-state index in [1.165, 1.54) is 0 Å².